The van der Waals surface area contributed by atoms with Gasteiger partial charge in [-0.1, -0.05) is 23.7 Å². The zero-order valence-electron chi connectivity index (χ0n) is 9.35. The van der Waals surface area contributed by atoms with Crippen LogP contribution in [0.4, 0.5) is 0 Å². The fourth-order valence-electron chi connectivity index (χ4n) is 1.82. The highest BCUT2D eigenvalue weighted by atomic mass is 79.9. The van der Waals surface area contributed by atoms with E-state index in [9.17, 15) is 0 Å². The smallest absolute Gasteiger partial charge is 0.108 e. The predicted molar refractivity (Wildman–Crippen MR) is 75.8 cm³/mol. The molecule has 1 aromatic carbocycles. The summed E-state index contributed by atoms with van der Waals surface area (Å²) in [6, 6.07) is 9.79. The first-order valence-corrected chi connectivity index (χ1v) is 6.61. The van der Waals surface area contributed by atoms with Gasteiger partial charge in [0.1, 0.15) is 5.52 Å². The highest BCUT2D eigenvalue weighted by Crippen LogP contribution is 2.18. The van der Waals surface area contributed by atoms with Gasteiger partial charge in [-0.15, -0.1) is 0 Å². The van der Waals surface area contributed by atoms with Crippen LogP contribution in [0.15, 0.2) is 47.2 Å². The zero-order chi connectivity index (χ0) is 12.5. The molecule has 3 aromatic rings. The van der Waals surface area contributed by atoms with E-state index in [0.717, 1.165) is 26.1 Å². The van der Waals surface area contributed by atoms with Crippen molar-refractivity contribution in [2.24, 2.45) is 0 Å². The fraction of sp³-hybridized carbons (Fsp3) is 0.0769. The van der Waals surface area contributed by atoms with E-state index in [4.69, 9.17) is 11.6 Å². The summed E-state index contributed by atoms with van der Waals surface area (Å²) in [5.41, 5.74) is 3.07. The summed E-state index contributed by atoms with van der Waals surface area (Å²) in [4.78, 5) is 4.31. The Morgan fingerprint density at radius 3 is 2.72 bits per heavy atom. The summed E-state index contributed by atoms with van der Waals surface area (Å²) in [5.74, 6) is 0. The predicted octanol–water partition coefficient (Wildman–Crippen LogP) is 3.90. The van der Waals surface area contributed by atoms with Crippen LogP contribution in [-0.4, -0.2) is 14.8 Å². The number of nitrogens with zero attached hydrogens (tertiary/aromatic N) is 3. The molecule has 0 aliphatic carbocycles. The molecule has 2 heterocycles. The first-order chi connectivity index (χ1) is 8.72. The highest BCUT2D eigenvalue weighted by molar-refractivity contribution is 9.10. The molecule has 0 spiro atoms. The lowest BCUT2D eigenvalue weighted by Gasteiger charge is -2.04. The van der Waals surface area contributed by atoms with Gasteiger partial charge < -0.3 is 0 Å². The Hall–Kier alpha value is -1.39. The Morgan fingerprint density at radius 2 is 1.94 bits per heavy atom. The SMILES string of the molecule is Clc1ccc(Cn2ncc3ncc(Br)cc32)cc1. The monoisotopic (exact) mass is 321 g/mol. The molecule has 0 amide bonds. The molecule has 0 atom stereocenters. The van der Waals surface area contributed by atoms with E-state index in [-0.39, 0.29) is 0 Å². The van der Waals surface area contributed by atoms with Gasteiger partial charge in [0, 0.05) is 15.7 Å². The fourth-order valence-corrected chi connectivity index (χ4v) is 2.27. The molecule has 0 saturated heterocycles. The molecule has 2 aromatic heterocycles. The van der Waals surface area contributed by atoms with E-state index in [1.54, 1.807) is 12.4 Å². The average molecular weight is 323 g/mol. The summed E-state index contributed by atoms with van der Waals surface area (Å²) in [5, 5.41) is 5.10. The third-order valence-electron chi connectivity index (χ3n) is 2.71. The second-order valence-corrected chi connectivity index (χ2v) is 5.34. The normalized spacial score (nSPS) is 11.0. The molecule has 0 saturated carbocycles. The Bertz CT molecular complexity index is 691. The summed E-state index contributed by atoms with van der Waals surface area (Å²) >= 11 is 9.30. The molecule has 90 valence electrons. The standard InChI is InChI=1S/C13H9BrClN3/c14-10-5-13-12(16-6-10)7-17-18(13)8-9-1-3-11(15)4-2-9/h1-7H,8H2. The van der Waals surface area contributed by atoms with Gasteiger partial charge in [0.05, 0.1) is 18.3 Å². The largest absolute Gasteiger partial charge is 0.259 e. The van der Waals surface area contributed by atoms with E-state index in [2.05, 4.69) is 26.0 Å². The van der Waals surface area contributed by atoms with Crippen molar-refractivity contribution < 1.29 is 0 Å². The van der Waals surface area contributed by atoms with Crippen LogP contribution in [-0.2, 0) is 6.54 Å². The summed E-state index contributed by atoms with van der Waals surface area (Å²) < 4.78 is 2.88. The first kappa shape index (κ1) is 11.7. The molecule has 0 unspecified atom stereocenters. The van der Waals surface area contributed by atoms with Gasteiger partial charge in [-0.2, -0.15) is 5.10 Å². The van der Waals surface area contributed by atoms with Crippen molar-refractivity contribution in [1.82, 2.24) is 14.8 Å². The maximum absolute atomic E-state index is 5.87. The lowest BCUT2D eigenvalue weighted by Crippen LogP contribution is -2.01. The van der Waals surface area contributed by atoms with Crippen LogP contribution in [0.25, 0.3) is 11.0 Å². The molecule has 0 N–H and O–H groups in total. The molecular formula is C13H9BrClN3. The summed E-state index contributed by atoms with van der Waals surface area (Å²) in [6.07, 6.45) is 3.55. The van der Waals surface area contributed by atoms with Gasteiger partial charge in [0.15, 0.2) is 0 Å². The van der Waals surface area contributed by atoms with Crippen LogP contribution in [0.3, 0.4) is 0 Å². The molecule has 18 heavy (non-hydrogen) atoms. The molecule has 0 bridgehead atoms. The number of fused-ring (bicyclic) bond motifs is 1. The van der Waals surface area contributed by atoms with Crippen LogP contribution in [0.5, 0.6) is 0 Å². The van der Waals surface area contributed by atoms with Crippen molar-refractivity contribution in [3.8, 4) is 0 Å². The van der Waals surface area contributed by atoms with Gasteiger partial charge in [0.25, 0.3) is 0 Å². The maximum atomic E-state index is 5.87. The molecule has 3 rings (SSSR count). The van der Waals surface area contributed by atoms with Crippen molar-refractivity contribution in [3.05, 3.63) is 57.8 Å². The number of hydrogen-bond donors (Lipinski definition) is 0. The third-order valence-corrected chi connectivity index (χ3v) is 3.39. The van der Waals surface area contributed by atoms with Gasteiger partial charge in [-0.25, -0.2) is 0 Å². The van der Waals surface area contributed by atoms with Gasteiger partial charge >= 0.3 is 0 Å². The highest BCUT2D eigenvalue weighted by Gasteiger charge is 2.05. The number of halogens is 2. The van der Waals surface area contributed by atoms with Crippen molar-refractivity contribution >= 4 is 38.6 Å². The van der Waals surface area contributed by atoms with Crippen LogP contribution < -0.4 is 0 Å². The number of benzene rings is 1. The molecule has 0 radical (unpaired) electrons. The van der Waals surface area contributed by atoms with Gasteiger partial charge in [-0.3, -0.25) is 9.67 Å². The summed E-state index contributed by atoms with van der Waals surface area (Å²) in [6.45, 7) is 0.707. The van der Waals surface area contributed by atoms with E-state index >= 15 is 0 Å². The number of rotatable bonds is 2. The Kier molecular flexibility index (Phi) is 3.06. The minimum atomic E-state index is 0.707. The van der Waals surface area contributed by atoms with Crippen LogP contribution in [0.2, 0.25) is 5.02 Å². The minimum Gasteiger partial charge on any atom is -0.259 e. The van der Waals surface area contributed by atoms with E-state index < -0.39 is 0 Å². The Balaban J connectivity index is 1.99. The summed E-state index contributed by atoms with van der Waals surface area (Å²) in [7, 11) is 0. The van der Waals surface area contributed by atoms with Crippen molar-refractivity contribution in [2.45, 2.75) is 6.54 Å². The topological polar surface area (TPSA) is 30.7 Å². The zero-order valence-corrected chi connectivity index (χ0v) is 11.7. The van der Waals surface area contributed by atoms with E-state index in [1.165, 1.54) is 0 Å². The molecular weight excluding hydrogens is 314 g/mol. The minimum absolute atomic E-state index is 0.707. The second kappa shape index (κ2) is 4.71. The first-order valence-electron chi connectivity index (χ1n) is 5.44. The maximum Gasteiger partial charge on any atom is 0.108 e. The Labute approximate surface area is 118 Å². The average Bonchev–Trinajstić information content (AvgIpc) is 2.75. The molecule has 0 aliphatic rings. The molecule has 3 nitrogen and oxygen atoms in total. The van der Waals surface area contributed by atoms with Gasteiger partial charge in [-0.05, 0) is 39.7 Å². The van der Waals surface area contributed by atoms with Crippen molar-refractivity contribution in [1.29, 1.82) is 0 Å². The number of aromatic nitrogens is 3. The van der Waals surface area contributed by atoms with Crippen LogP contribution in [0, 0.1) is 0 Å². The number of hydrogen-bond acceptors (Lipinski definition) is 2. The molecule has 0 aliphatic heterocycles. The number of pyridine rings is 1. The molecule has 0 fully saturated rings. The van der Waals surface area contributed by atoms with Crippen molar-refractivity contribution in [3.63, 3.8) is 0 Å². The lowest BCUT2D eigenvalue weighted by molar-refractivity contribution is 0.712. The Morgan fingerprint density at radius 1 is 1.17 bits per heavy atom. The van der Waals surface area contributed by atoms with Crippen LogP contribution in [0.1, 0.15) is 5.56 Å². The van der Waals surface area contributed by atoms with E-state index in [0.29, 0.717) is 6.54 Å². The quantitative estimate of drug-likeness (QED) is 0.716. The van der Waals surface area contributed by atoms with Gasteiger partial charge in [0.2, 0.25) is 0 Å². The third kappa shape index (κ3) is 2.26. The van der Waals surface area contributed by atoms with Crippen LogP contribution >= 0.6 is 27.5 Å². The van der Waals surface area contributed by atoms with Crippen molar-refractivity contribution in [2.75, 3.05) is 0 Å². The second-order valence-electron chi connectivity index (χ2n) is 3.99. The lowest BCUT2D eigenvalue weighted by atomic mass is 10.2. The van der Waals surface area contributed by atoms with E-state index in [1.807, 2.05) is 35.0 Å². The molecule has 5 heteroatoms.